The lowest BCUT2D eigenvalue weighted by atomic mass is 9.90. The van der Waals surface area contributed by atoms with Crippen molar-refractivity contribution in [3.8, 4) is 5.75 Å². The third-order valence-corrected chi connectivity index (χ3v) is 3.97. The second-order valence-electron chi connectivity index (χ2n) is 5.32. The van der Waals surface area contributed by atoms with E-state index in [-0.39, 0.29) is 29.3 Å². The van der Waals surface area contributed by atoms with Gasteiger partial charge in [0.05, 0.1) is 5.56 Å². The van der Waals surface area contributed by atoms with Crippen LogP contribution in [0.3, 0.4) is 0 Å². The van der Waals surface area contributed by atoms with Crippen LogP contribution in [0.4, 0.5) is 4.39 Å². The van der Waals surface area contributed by atoms with Gasteiger partial charge in [-0.15, -0.1) is 0 Å². The molecule has 4 nitrogen and oxygen atoms in total. The zero-order valence-corrected chi connectivity index (χ0v) is 11.7. The quantitative estimate of drug-likeness (QED) is 0.892. The molecular weight excluding hydrogens is 259 g/mol. The first-order valence-electron chi connectivity index (χ1n) is 7.08. The second kappa shape index (κ2) is 6.22. The van der Waals surface area contributed by atoms with Gasteiger partial charge in [0, 0.05) is 18.6 Å². The molecule has 0 aromatic heterocycles. The maximum atomic E-state index is 13.3. The van der Waals surface area contributed by atoms with Gasteiger partial charge in [0.2, 0.25) is 0 Å². The van der Waals surface area contributed by atoms with Gasteiger partial charge in [-0.2, -0.15) is 0 Å². The normalized spacial score (nSPS) is 22.6. The molecule has 0 heterocycles. The van der Waals surface area contributed by atoms with Gasteiger partial charge in [-0.3, -0.25) is 4.79 Å². The zero-order valence-electron chi connectivity index (χ0n) is 11.7. The van der Waals surface area contributed by atoms with Crippen LogP contribution in [0.1, 0.15) is 43.0 Å². The van der Waals surface area contributed by atoms with Crippen molar-refractivity contribution in [2.75, 3.05) is 6.54 Å². The van der Waals surface area contributed by atoms with Crippen molar-refractivity contribution in [1.29, 1.82) is 0 Å². The SMILES string of the molecule is CCN(C(=O)c1cc(F)ccc1O)C1CCC(N)CC1. The summed E-state index contributed by atoms with van der Waals surface area (Å²) in [6, 6.07) is 3.78. The summed E-state index contributed by atoms with van der Waals surface area (Å²) in [5, 5.41) is 9.76. The number of phenolic OH excluding ortho intramolecular Hbond substituents is 1. The molecule has 20 heavy (non-hydrogen) atoms. The minimum absolute atomic E-state index is 0.0294. The fourth-order valence-electron chi connectivity index (χ4n) is 2.82. The van der Waals surface area contributed by atoms with Crippen molar-refractivity contribution in [3.63, 3.8) is 0 Å². The van der Waals surface area contributed by atoms with E-state index in [1.54, 1.807) is 4.90 Å². The molecule has 0 unspecified atom stereocenters. The first-order chi connectivity index (χ1) is 9.52. The Labute approximate surface area is 118 Å². The molecule has 5 heteroatoms. The van der Waals surface area contributed by atoms with E-state index in [9.17, 15) is 14.3 Å². The number of rotatable bonds is 3. The molecule has 0 saturated heterocycles. The van der Waals surface area contributed by atoms with Crippen molar-refractivity contribution < 1.29 is 14.3 Å². The number of benzene rings is 1. The average molecular weight is 280 g/mol. The smallest absolute Gasteiger partial charge is 0.257 e. The molecule has 0 radical (unpaired) electrons. The number of nitrogens with two attached hydrogens (primary N) is 1. The van der Waals surface area contributed by atoms with Gasteiger partial charge < -0.3 is 15.7 Å². The van der Waals surface area contributed by atoms with E-state index in [4.69, 9.17) is 5.73 Å². The molecule has 2 rings (SSSR count). The van der Waals surface area contributed by atoms with Crippen LogP contribution < -0.4 is 5.73 Å². The van der Waals surface area contributed by atoms with Crippen LogP contribution in [0.5, 0.6) is 5.75 Å². The number of aromatic hydroxyl groups is 1. The van der Waals surface area contributed by atoms with E-state index in [0.29, 0.717) is 6.54 Å². The highest BCUT2D eigenvalue weighted by atomic mass is 19.1. The Balaban J connectivity index is 2.18. The van der Waals surface area contributed by atoms with Gasteiger partial charge in [0.1, 0.15) is 11.6 Å². The Morgan fingerprint density at radius 2 is 2.05 bits per heavy atom. The molecule has 0 atom stereocenters. The van der Waals surface area contributed by atoms with Crippen molar-refractivity contribution in [2.24, 2.45) is 5.73 Å². The van der Waals surface area contributed by atoms with Crippen LogP contribution in [-0.2, 0) is 0 Å². The van der Waals surface area contributed by atoms with Gasteiger partial charge in [-0.1, -0.05) is 0 Å². The second-order valence-corrected chi connectivity index (χ2v) is 5.32. The summed E-state index contributed by atoms with van der Waals surface area (Å²) in [6.07, 6.45) is 3.50. The van der Waals surface area contributed by atoms with Gasteiger partial charge >= 0.3 is 0 Å². The Kier molecular flexibility index (Phi) is 4.60. The van der Waals surface area contributed by atoms with E-state index in [1.165, 1.54) is 6.07 Å². The minimum Gasteiger partial charge on any atom is -0.507 e. The number of carbonyl (C=O) groups excluding carboxylic acids is 1. The first kappa shape index (κ1) is 14.8. The van der Waals surface area contributed by atoms with Crippen molar-refractivity contribution >= 4 is 5.91 Å². The summed E-state index contributed by atoms with van der Waals surface area (Å²) in [6.45, 7) is 2.43. The summed E-state index contributed by atoms with van der Waals surface area (Å²) >= 11 is 0. The van der Waals surface area contributed by atoms with Crippen LogP contribution >= 0.6 is 0 Å². The molecule has 0 aliphatic heterocycles. The minimum atomic E-state index is -0.520. The van der Waals surface area contributed by atoms with E-state index in [1.807, 2.05) is 6.92 Å². The molecule has 1 aromatic carbocycles. The Hall–Kier alpha value is -1.62. The zero-order chi connectivity index (χ0) is 14.7. The van der Waals surface area contributed by atoms with Crippen LogP contribution in [0.25, 0.3) is 0 Å². The third kappa shape index (κ3) is 3.10. The van der Waals surface area contributed by atoms with Gasteiger partial charge in [-0.25, -0.2) is 4.39 Å². The Morgan fingerprint density at radius 1 is 1.40 bits per heavy atom. The first-order valence-corrected chi connectivity index (χ1v) is 7.08. The largest absolute Gasteiger partial charge is 0.507 e. The number of carbonyl (C=O) groups is 1. The number of phenols is 1. The number of nitrogens with zero attached hydrogens (tertiary/aromatic N) is 1. The van der Waals surface area contributed by atoms with E-state index >= 15 is 0 Å². The number of hydrogen-bond donors (Lipinski definition) is 2. The van der Waals surface area contributed by atoms with Crippen molar-refractivity contribution in [2.45, 2.75) is 44.7 Å². The highest BCUT2D eigenvalue weighted by Gasteiger charge is 2.28. The molecule has 110 valence electrons. The van der Waals surface area contributed by atoms with Crippen molar-refractivity contribution in [1.82, 2.24) is 4.90 Å². The highest BCUT2D eigenvalue weighted by molar-refractivity contribution is 5.97. The summed E-state index contributed by atoms with van der Waals surface area (Å²) in [5.74, 6) is -1.01. The number of amides is 1. The fraction of sp³-hybridized carbons (Fsp3) is 0.533. The highest BCUT2D eigenvalue weighted by Crippen LogP contribution is 2.26. The molecule has 0 bridgehead atoms. The maximum Gasteiger partial charge on any atom is 0.257 e. The van der Waals surface area contributed by atoms with Crippen LogP contribution in [-0.4, -0.2) is 34.5 Å². The van der Waals surface area contributed by atoms with E-state index in [2.05, 4.69) is 0 Å². The van der Waals surface area contributed by atoms with Gasteiger partial charge in [0.15, 0.2) is 0 Å². The molecule has 1 amide bonds. The average Bonchev–Trinajstić information content (AvgIpc) is 2.44. The molecule has 1 aromatic rings. The van der Waals surface area contributed by atoms with E-state index in [0.717, 1.165) is 37.8 Å². The Bertz CT molecular complexity index is 485. The summed E-state index contributed by atoms with van der Waals surface area (Å²) in [7, 11) is 0. The lowest BCUT2D eigenvalue weighted by molar-refractivity contribution is 0.0637. The molecule has 1 fully saturated rings. The number of hydrogen-bond acceptors (Lipinski definition) is 3. The predicted molar refractivity (Wildman–Crippen MR) is 75.0 cm³/mol. The monoisotopic (exact) mass is 280 g/mol. The molecule has 3 N–H and O–H groups in total. The molecule has 1 aliphatic rings. The summed E-state index contributed by atoms with van der Waals surface area (Å²) in [4.78, 5) is 14.2. The van der Waals surface area contributed by atoms with Crippen LogP contribution in [0, 0.1) is 5.82 Å². The van der Waals surface area contributed by atoms with Gasteiger partial charge in [0.25, 0.3) is 5.91 Å². The summed E-state index contributed by atoms with van der Waals surface area (Å²) < 4.78 is 13.3. The predicted octanol–water partition coefficient (Wildman–Crippen LogP) is 2.26. The summed E-state index contributed by atoms with van der Waals surface area (Å²) in [5.41, 5.74) is 5.91. The van der Waals surface area contributed by atoms with E-state index < -0.39 is 5.82 Å². The molecular formula is C15H21FN2O2. The van der Waals surface area contributed by atoms with Crippen LogP contribution in [0.2, 0.25) is 0 Å². The lowest BCUT2D eigenvalue weighted by Crippen LogP contribution is -2.44. The number of halogens is 1. The fourth-order valence-corrected chi connectivity index (χ4v) is 2.82. The molecule has 1 aliphatic carbocycles. The van der Waals surface area contributed by atoms with Crippen LogP contribution in [0.15, 0.2) is 18.2 Å². The molecule has 0 spiro atoms. The van der Waals surface area contributed by atoms with Gasteiger partial charge in [-0.05, 0) is 50.8 Å². The lowest BCUT2D eigenvalue weighted by Gasteiger charge is -2.35. The van der Waals surface area contributed by atoms with Crippen molar-refractivity contribution in [3.05, 3.63) is 29.6 Å². The topological polar surface area (TPSA) is 66.6 Å². The Morgan fingerprint density at radius 3 is 2.65 bits per heavy atom. The standard InChI is InChI=1S/C15H21FN2O2/c1-2-18(12-6-4-11(17)5-7-12)15(20)13-9-10(16)3-8-14(13)19/h3,8-9,11-12,19H,2,4-7,17H2,1H3. The molecule has 1 saturated carbocycles. The maximum absolute atomic E-state index is 13.3. The third-order valence-electron chi connectivity index (χ3n) is 3.97.